The van der Waals surface area contributed by atoms with Crippen molar-refractivity contribution >= 4 is 17.3 Å². The molecule has 0 fully saturated rings. The summed E-state index contributed by atoms with van der Waals surface area (Å²) in [4.78, 5) is 15.3. The lowest BCUT2D eigenvalue weighted by Crippen LogP contribution is -2.28. The molecule has 0 aliphatic carbocycles. The zero-order valence-electron chi connectivity index (χ0n) is 10.8. The predicted octanol–water partition coefficient (Wildman–Crippen LogP) is 1.72. The number of aliphatic hydroxyl groups excluding tert-OH is 1. The van der Waals surface area contributed by atoms with E-state index in [2.05, 4.69) is 4.98 Å². The Hall–Kier alpha value is -1.19. The van der Waals surface area contributed by atoms with Crippen molar-refractivity contribution < 1.29 is 28.2 Å². The number of alkyl halides is 3. The molecule has 1 aromatic rings. The number of rotatable bonds is 7. The number of hydrogen-bond acceptors (Lipinski definition) is 5. The summed E-state index contributed by atoms with van der Waals surface area (Å²) in [7, 11) is 0. The van der Waals surface area contributed by atoms with Crippen LogP contribution in [0.15, 0.2) is 0 Å². The Morgan fingerprint density at radius 3 is 2.45 bits per heavy atom. The smallest absolute Gasteiger partial charge is 0.435 e. The molecule has 2 N–H and O–H groups in total. The number of halogens is 3. The third-order valence-electron chi connectivity index (χ3n) is 2.64. The summed E-state index contributed by atoms with van der Waals surface area (Å²) in [5.41, 5.74) is -1.34. The Bertz CT molecular complexity index is 462. The van der Waals surface area contributed by atoms with Crippen LogP contribution in [0.25, 0.3) is 0 Å². The molecular formula is C11H15F3N2O3S. The average Bonchev–Trinajstić information content (AvgIpc) is 2.78. The molecular weight excluding hydrogens is 297 g/mol. The van der Waals surface area contributed by atoms with E-state index in [0.29, 0.717) is 31.0 Å². The number of carboxylic acids is 1. The van der Waals surface area contributed by atoms with E-state index in [-0.39, 0.29) is 18.0 Å². The van der Waals surface area contributed by atoms with Gasteiger partial charge in [0.25, 0.3) is 0 Å². The first-order valence-electron chi connectivity index (χ1n) is 5.93. The Kier molecular flexibility index (Phi) is 5.90. The Morgan fingerprint density at radius 1 is 1.40 bits per heavy atom. The topological polar surface area (TPSA) is 73.7 Å². The lowest BCUT2D eigenvalue weighted by Gasteiger charge is -2.17. The second kappa shape index (κ2) is 7.00. The molecule has 0 atom stereocenters. The van der Waals surface area contributed by atoms with Crippen molar-refractivity contribution in [2.75, 3.05) is 26.2 Å². The number of hydrogen-bond donors (Lipinski definition) is 2. The number of aromatic carboxylic acids is 1. The summed E-state index contributed by atoms with van der Waals surface area (Å²) in [6, 6.07) is 0. The summed E-state index contributed by atoms with van der Waals surface area (Å²) in [6.45, 7) is 3.30. The largest absolute Gasteiger partial charge is 0.477 e. The third-order valence-corrected chi connectivity index (χ3v) is 3.74. The third kappa shape index (κ3) is 4.43. The molecule has 114 valence electrons. The minimum Gasteiger partial charge on any atom is -0.477 e. The molecule has 0 aliphatic rings. The van der Waals surface area contributed by atoms with Crippen molar-refractivity contribution in [3.05, 3.63) is 15.6 Å². The van der Waals surface area contributed by atoms with E-state index in [4.69, 9.17) is 10.2 Å². The molecule has 0 saturated carbocycles. The molecule has 0 aliphatic heterocycles. The second-order valence-corrected chi connectivity index (χ2v) is 5.08. The van der Waals surface area contributed by atoms with Crippen LogP contribution in [-0.4, -0.2) is 52.3 Å². The quantitative estimate of drug-likeness (QED) is 0.802. The fourth-order valence-electron chi connectivity index (χ4n) is 1.63. The molecule has 0 bridgehead atoms. The first-order chi connectivity index (χ1) is 9.29. The van der Waals surface area contributed by atoms with Gasteiger partial charge in [-0.3, -0.25) is 0 Å². The van der Waals surface area contributed by atoms with Crippen LogP contribution in [0.5, 0.6) is 0 Å². The molecule has 0 radical (unpaired) electrons. The number of thiazole rings is 1. The monoisotopic (exact) mass is 312 g/mol. The van der Waals surface area contributed by atoms with Crippen molar-refractivity contribution in [1.82, 2.24) is 9.88 Å². The van der Waals surface area contributed by atoms with Crippen molar-refractivity contribution in [2.45, 2.75) is 19.5 Å². The van der Waals surface area contributed by atoms with Gasteiger partial charge >= 0.3 is 12.1 Å². The number of aliphatic hydroxyl groups is 1. The maximum atomic E-state index is 12.6. The van der Waals surface area contributed by atoms with Gasteiger partial charge in [0.05, 0.1) is 11.6 Å². The van der Waals surface area contributed by atoms with Crippen molar-refractivity contribution in [3.63, 3.8) is 0 Å². The second-order valence-electron chi connectivity index (χ2n) is 4.00. The van der Waals surface area contributed by atoms with E-state index in [1.165, 1.54) is 0 Å². The molecule has 0 amide bonds. The standard InChI is InChI=1S/C11H15F3N2O3S/c1-2-16(5-6-17)4-3-7-15-9(11(12,13)14)8(20-7)10(18)19/h17H,2-6H2,1H3,(H,18,19). The van der Waals surface area contributed by atoms with Gasteiger partial charge in [-0.25, -0.2) is 9.78 Å². The summed E-state index contributed by atoms with van der Waals surface area (Å²) < 4.78 is 37.9. The molecule has 0 unspecified atom stereocenters. The lowest BCUT2D eigenvalue weighted by molar-refractivity contribution is -0.141. The highest BCUT2D eigenvalue weighted by Crippen LogP contribution is 2.34. The van der Waals surface area contributed by atoms with Gasteiger partial charge in [0.1, 0.15) is 4.88 Å². The highest BCUT2D eigenvalue weighted by molar-refractivity contribution is 7.13. The summed E-state index contributed by atoms with van der Waals surface area (Å²) in [5, 5.41) is 17.7. The maximum Gasteiger partial charge on any atom is 0.435 e. The van der Waals surface area contributed by atoms with Gasteiger partial charge in [0.2, 0.25) is 0 Å². The van der Waals surface area contributed by atoms with Gasteiger partial charge in [-0.15, -0.1) is 11.3 Å². The van der Waals surface area contributed by atoms with Gasteiger partial charge in [0, 0.05) is 19.5 Å². The molecule has 1 heterocycles. The van der Waals surface area contributed by atoms with Crippen molar-refractivity contribution in [1.29, 1.82) is 0 Å². The van der Waals surface area contributed by atoms with Crippen LogP contribution in [0.3, 0.4) is 0 Å². The fourth-order valence-corrected chi connectivity index (χ4v) is 2.54. The van der Waals surface area contributed by atoms with Crippen LogP contribution in [0, 0.1) is 0 Å². The lowest BCUT2D eigenvalue weighted by atomic mass is 10.3. The summed E-state index contributed by atoms with van der Waals surface area (Å²) in [6.07, 6.45) is -4.55. The minimum absolute atomic E-state index is 0.0418. The number of aromatic nitrogens is 1. The van der Waals surface area contributed by atoms with Crippen molar-refractivity contribution in [3.8, 4) is 0 Å². The first kappa shape index (κ1) is 16.9. The van der Waals surface area contributed by atoms with Crippen molar-refractivity contribution in [2.24, 2.45) is 0 Å². The Balaban J connectivity index is 2.84. The van der Waals surface area contributed by atoms with Crippen LogP contribution >= 0.6 is 11.3 Å². The van der Waals surface area contributed by atoms with Crippen LogP contribution in [0.1, 0.15) is 27.3 Å². The molecule has 1 rings (SSSR count). The number of carbonyl (C=O) groups is 1. The maximum absolute atomic E-state index is 12.6. The molecule has 20 heavy (non-hydrogen) atoms. The van der Waals surface area contributed by atoms with Crippen LogP contribution in [-0.2, 0) is 12.6 Å². The molecule has 5 nitrogen and oxygen atoms in total. The number of likely N-dealkylation sites (N-methyl/N-ethyl adjacent to an activating group) is 1. The van der Waals surface area contributed by atoms with Gasteiger partial charge < -0.3 is 15.1 Å². The minimum atomic E-state index is -4.77. The first-order valence-corrected chi connectivity index (χ1v) is 6.74. The molecule has 9 heteroatoms. The summed E-state index contributed by atoms with van der Waals surface area (Å²) >= 11 is 0.545. The molecule has 1 aromatic heterocycles. The van der Waals surface area contributed by atoms with E-state index < -0.39 is 22.7 Å². The van der Waals surface area contributed by atoms with E-state index in [9.17, 15) is 18.0 Å². The zero-order valence-corrected chi connectivity index (χ0v) is 11.6. The van der Waals surface area contributed by atoms with Crippen LogP contribution in [0.2, 0.25) is 0 Å². The van der Waals surface area contributed by atoms with Gasteiger partial charge in [-0.1, -0.05) is 6.92 Å². The highest BCUT2D eigenvalue weighted by Gasteiger charge is 2.39. The number of carboxylic acid groups (broad SMARTS) is 1. The van der Waals surface area contributed by atoms with Gasteiger partial charge in [-0.2, -0.15) is 13.2 Å². The van der Waals surface area contributed by atoms with Crippen LogP contribution < -0.4 is 0 Å². The average molecular weight is 312 g/mol. The zero-order chi connectivity index (χ0) is 15.3. The molecule has 0 aromatic carbocycles. The van der Waals surface area contributed by atoms with E-state index in [1.54, 1.807) is 0 Å². The Morgan fingerprint density at radius 2 is 2.05 bits per heavy atom. The SMILES string of the molecule is CCN(CCO)CCc1nc(C(F)(F)F)c(C(=O)O)s1. The van der Waals surface area contributed by atoms with E-state index >= 15 is 0 Å². The molecule has 0 spiro atoms. The van der Waals surface area contributed by atoms with E-state index in [1.807, 2.05) is 11.8 Å². The van der Waals surface area contributed by atoms with Crippen LogP contribution in [0.4, 0.5) is 13.2 Å². The fraction of sp³-hybridized carbons (Fsp3) is 0.636. The number of nitrogens with zero attached hydrogens (tertiary/aromatic N) is 2. The van der Waals surface area contributed by atoms with Gasteiger partial charge in [0.15, 0.2) is 5.69 Å². The normalized spacial score (nSPS) is 12.1. The predicted molar refractivity (Wildman–Crippen MR) is 67.0 cm³/mol. The van der Waals surface area contributed by atoms with Gasteiger partial charge in [-0.05, 0) is 6.54 Å². The Labute approximate surface area is 117 Å². The van der Waals surface area contributed by atoms with E-state index in [0.717, 1.165) is 0 Å². The highest BCUT2D eigenvalue weighted by atomic mass is 32.1. The summed E-state index contributed by atoms with van der Waals surface area (Å²) in [5.74, 6) is -1.62. The molecule has 0 saturated heterocycles.